The molecule has 0 aliphatic heterocycles. The Balaban J connectivity index is 1.63. The van der Waals surface area contributed by atoms with Gasteiger partial charge in [0.25, 0.3) is 0 Å². The summed E-state index contributed by atoms with van der Waals surface area (Å²) in [4.78, 5) is 0. The molecular formula is C24H48OS. The molecule has 0 amide bonds. The van der Waals surface area contributed by atoms with Crippen molar-refractivity contribution in [2.24, 2.45) is 5.92 Å². The molecule has 0 spiro atoms. The molecule has 1 aliphatic rings. The number of hydrogen-bond acceptors (Lipinski definition) is 2. The quantitative estimate of drug-likeness (QED) is 0.207. The smallest absolute Gasteiger partial charge is 0.0518 e. The van der Waals surface area contributed by atoms with Gasteiger partial charge in [0.15, 0.2) is 0 Å². The average Bonchev–Trinajstić information content (AvgIpc) is 3.14. The van der Waals surface area contributed by atoms with Gasteiger partial charge in [-0.15, -0.1) is 0 Å². The first kappa shape index (κ1) is 24.3. The molecule has 2 heteroatoms. The molecule has 1 aliphatic carbocycles. The van der Waals surface area contributed by atoms with Crippen molar-refractivity contribution in [1.29, 1.82) is 0 Å². The molecule has 1 fully saturated rings. The third-order valence-corrected chi connectivity index (χ3v) is 6.91. The first-order chi connectivity index (χ1) is 12.8. The molecule has 1 saturated carbocycles. The lowest BCUT2D eigenvalue weighted by Crippen LogP contribution is -2.04. The summed E-state index contributed by atoms with van der Waals surface area (Å²) in [6, 6.07) is 0. The van der Waals surface area contributed by atoms with Gasteiger partial charge in [0, 0.05) is 6.61 Å². The van der Waals surface area contributed by atoms with E-state index in [1.165, 1.54) is 121 Å². The topological polar surface area (TPSA) is 9.23 Å². The van der Waals surface area contributed by atoms with E-state index in [1.807, 2.05) is 0 Å². The number of hydrogen-bond donors (Lipinski definition) is 0. The highest BCUT2D eigenvalue weighted by Gasteiger charge is 2.13. The molecule has 0 radical (unpaired) electrons. The number of rotatable bonds is 19. The second-order valence-corrected chi connectivity index (χ2v) is 9.94. The maximum Gasteiger partial charge on any atom is 0.0518 e. The Morgan fingerprint density at radius 2 is 1.19 bits per heavy atom. The fourth-order valence-corrected chi connectivity index (χ4v) is 5.04. The zero-order valence-corrected chi connectivity index (χ0v) is 18.9. The number of ether oxygens (including phenoxy) is 1. The Kier molecular flexibility index (Phi) is 17.5. The van der Waals surface area contributed by atoms with E-state index in [2.05, 4.69) is 25.6 Å². The molecule has 0 heterocycles. The van der Waals surface area contributed by atoms with Crippen LogP contribution in [0, 0.1) is 5.92 Å². The third kappa shape index (κ3) is 16.5. The monoisotopic (exact) mass is 384 g/mol. The molecule has 26 heavy (non-hydrogen) atoms. The Morgan fingerprint density at radius 1 is 0.692 bits per heavy atom. The molecule has 0 bridgehead atoms. The summed E-state index contributed by atoms with van der Waals surface area (Å²) in [5.41, 5.74) is 0. The molecular weight excluding hydrogens is 336 g/mol. The summed E-state index contributed by atoms with van der Waals surface area (Å²) in [6.07, 6.45) is 25.4. The second kappa shape index (κ2) is 18.7. The van der Waals surface area contributed by atoms with Crippen LogP contribution < -0.4 is 0 Å². The van der Waals surface area contributed by atoms with Crippen molar-refractivity contribution in [2.75, 3.05) is 18.1 Å². The number of unbranched alkanes of at least 4 members (excludes halogenated alkanes) is 10. The van der Waals surface area contributed by atoms with Gasteiger partial charge in [-0.25, -0.2) is 0 Å². The molecule has 0 unspecified atom stereocenters. The van der Waals surface area contributed by atoms with Gasteiger partial charge in [0.2, 0.25) is 0 Å². The molecule has 1 rings (SSSR count). The van der Waals surface area contributed by atoms with Gasteiger partial charge < -0.3 is 4.74 Å². The SMILES string of the molecule is CC(C)OCCCSCCCCCCCCCCCCCC1CCCC1. The van der Waals surface area contributed by atoms with Crippen LogP contribution in [-0.2, 0) is 4.74 Å². The van der Waals surface area contributed by atoms with E-state index in [9.17, 15) is 0 Å². The molecule has 0 aromatic heterocycles. The molecule has 0 aromatic rings. The fourth-order valence-electron chi connectivity index (χ4n) is 4.11. The minimum Gasteiger partial charge on any atom is -0.379 e. The van der Waals surface area contributed by atoms with Crippen molar-refractivity contribution in [2.45, 2.75) is 129 Å². The van der Waals surface area contributed by atoms with Crippen LogP contribution in [-0.4, -0.2) is 24.2 Å². The Bertz CT molecular complexity index is 273. The van der Waals surface area contributed by atoms with Gasteiger partial charge in [-0.1, -0.05) is 96.3 Å². The van der Waals surface area contributed by atoms with Crippen molar-refractivity contribution < 1.29 is 4.74 Å². The first-order valence-corrected chi connectivity index (χ1v) is 13.1. The Morgan fingerprint density at radius 3 is 1.77 bits per heavy atom. The van der Waals surface area contributed by atoms with E-state index >= 15 is 0 Å². The molecule has 156 valence electrons. The van der Waals surface area contributed by atoms with E-state index < -0.39 is 0 Å². The normalized spacial score (nSPS) is 15.3. The first-order valence-electron chi connectivity index (χ1n) is 12.0. The van der Waals surface area contributed by atoms with Crippen molar-refractivity contribution in [3.05, 3.63) is 0 Å². The zero-order valence-electron chi connectivity index (χ0n) is 18.1. The Hall–Kier alpha value is 0.310. The maximum absolute atomic E-state index is 5.57. The van der Waals surface area contributed by atoms with E-state index in [0.717, 1.165) is 12.5 Å². The van der Waals surface area contributed by atoms with Crippen molar-refractivity contribution in [3.63, 3.8) is 0 Å². The van der Waals surface area contributed by atoms with Crippen LogP contribution in [0.1, 0.15) is 123 Å². The van der Waals surface area contributed by atoms with Crippen LogP contribution in [0.2, 0.25) is 0 Å². The van der Waals surface area contributed by atoms with E-state index in [0.29, 0.717) is 6.10 Å². The lowest BCUT2D eigenvalue weighted by molar-refractivity contribution is 0.0800. The molecule has 0 saturated heterocycles. The van der Waals surface area contributed by atoms with Gasteiger partial charge in [-0.05, 0) is 44.1 Å². The average molecular weight is 385 g/mol. The fraction of sp³-hybridized carbons (Fsp3) is 1.00. The van der Waals surface area contributed by atoms with Crippen LogP contribution in [0.15, 0.2) is 0 Å². The Labute approximate surface area is 169 Å². The van der Waals surface area contributed by atoms with Gasteiger partial charge in [0.1, 0.15) is 0 Å². The van der Waals surface area contributed by atoms with E-state index in [-0.39, 0.29) is 0 Å². The van der Waals surface area contributed by atoms with Crippen LogP contribution in [0.4, 0.5) is 0 Å². The summed E-state index contributed by atoms with van der Waals surface area (Å²) in [5, 5.41) is 0. The number of thioether (sulfide) groups is 1. The van der Waals surface area contributed by atoms with E-state index in [4.69, 9.17) is 4.74 Å². The van der Waals surface area contributed by atoms with Crippen LogP contribution in [0.25, 0.3) is 0 Å². The van der Waals surface area contributed by atoms with Crippen molar-refractivity contribution in [3.8, 4) is 0 Å². The third-order valence-electron chi connectivity index (χ3n) is 5.76. The minimum absolute atomic E-state index is 0.390. The summed E-state index contributed by atoms with van der Waals surface area (Å²) in [6.45, 7) is 5.17. The summed E-state index contributed by atoms with van der Waals surface area (Å²) in [5.74, 6) is 3.72. The van der Waals surface area contributed by atoms with Gasteiger partial charge in [-0.2, -0.15) is 11.8 Å². The maximum atomic E-state index is 5.57. The molecule has 0 N–H and O–H groups in total. The van der Waals surface area contributed by atoms with Crippen molar-refractivity contribution in [1.82, 2.24) is 0 Å². The zero-order chi connectivity index (χ0) is 18.7. The molecule has 1 nitrogen and oxygen atoms in total. The highest BCUT2D eigenvalue weighted by Crippen LogP contribution is 2.29. The highest BCUT2D eigenvalue weighted by atomic mass is 32.2. The van der Waals surface area contributed by atoms with Crippen LogP contribution in [0.3, 0.4) is 0 Å². The lowest BCUT2D eigenvalue weighted by atomic mass is 9.99. The standard InChI is InChI=1S/C24H48OS/c1-23(2)25-20-16-22-26-21-15-11-9-7-5-3-4-6-8-10-12-17-24-18-13-14-19-24/h23-24H,3-22H2,1-2H3. The lowest BCUT2D eigenvalue weighted by Gasteiger charge is -2.08. The summed E-state index contributed by atoms with van der Waals surface area (Å²) >= 11 is 2.11. The summed E-state index contributed by atoms with van der Waals surface area (Å²) in [7, 11) is 0. The largest absolute Gasteiger partial charge is 0.379 e. The van der Waals surface area contributed by atoms with E-state index in [1.54, 1.807) is 0 Å². The highest BCUT2D eigenvalue weighted by molar-refractivity contribution is 7.99. The van der Waals surface area contributed by atoms with Crippen molar-refractivity contribution >= 4 is 11.8 Å². The summed E-state index contributed by atoms with van der Waals surface area (Å²) < 4.78 is 5.57. The van der Waals surface area contributed by atoms with Gasteiger partial charge >= 0.3 is 0 Å². The van der Waals surface area contributed by atoms with Gasteiger partial charge in [-0.3, -0.25) is 0 Å². The minimum atomic E-state index is 0.390. The molecule has 0 atom stereocenters. The predicted molar refractivity (Wildman–Crippen MR) is 120 cm³/mol. The predicted octanol–water partition coefficient (Wildman–Crippen LogP) is 8.41. The second-order valence-electron chi connectivity index (χ2n) is 8.71. The molecule has 0 aromatic carbocycles. The van der Waals surface area contributed by atoms with Crippen LogP contribution in [0.5, 0.6) is 0 Å². The van der Waals surface area contributed by atoms with Crippen LogP contribution >= 0.6 is 11.8 Å². The van der Waals surface area contributed by atoms with Gasteiger partial charge in [0.05, 0.1) is 6.10 Å².